The Morgan fingerprint density at radius 1 is 1.71 bits per heavy atom. The summed E-state index contributed by atoms with van der Waals surface area (Å²) in [6.45, 7) is 11.3. The maximum absolute atomic E-state index is 4.27. The van der Waals surface area contributed by atoms with Crippen LogP contribution in [0.4, 0.5) is 0 Å². The molecule has 1 unspecified atom stereocenters. The molecule has 14 heavy (non-hydrogen) atoms. The second kappa shape index (κ2) is 5.27. The van der Waals surface area contributed by atoms with E-state index in [0.29, 0.717) is 0 Å². The first-order valence-electron chi connectivity index (χ1n) is 4.95. The number of thiazole rings is 1. The molecule has 1 heterocycles. The highest BCUT2D eigenvalue weighted by Gasteiger charge is 2.15. The van der Waals surface area contributed by atoms with E-state index in [-0.39, 0.29) is 6.04 Å². The molecule has 0 bridgehead atoms. The molecule has 0 radical (unpaired) electrons. The average Bonchev–Trinajstić information content (AvgIpc) is 2.52. The van der Waals surface area contributed by atoms with Gasteiger partial charge in [0.05, 0.1) is 17.2 Å². The van der Waals surface area contributed by atoms with E-state index in [1.807, 2.05) is 5.51 Å². The molecule has 1 aromatic heterocycles. The lowest BCUT2D eigenvalue weighted by Gasteiger charge is -2.17. The van der Waals surface area contributed by atoms with Gasteiger partial charge in [0.25, 0.3) is 0 Å². The van der Waals surface area contributed by atoms with Gasteiger partial charge in [0.2, 0.25) is 0 Å². The smallest absolute Gasteiger partial charge is 0.0798 e. The summed E-state index contributed by atoms with van der Waals surface area (Å²) in [5.41, 5.74) is 4.17. The first-order valence-corrected chi connectivity index (χ1v) is 5.83. The number of aromatic nitrogens is 1. The molecular formula is C11H18N2S. The fraction of sp³-hybridized carbons (Fsp3) is 0.545. The van der Waals surface area contributed by atoms with Crippen molar-refractivity contribution in [1.29, 1.82) is 0 Å². The molecule has 1 rings (SSSR count). The second-order valence-corrected chi connectivity index (χ2v) is 4.42. The summed E-state index contributed by atoms with van der Waals surface area (Å²) in [7, 11) is 0. The third-order valence-electron chi connectivity index (χ3n) is 2.14. The topological polar surface area (TPSA) is 24.9 Å². The summed E-state index contributed by atoms with van der Waals surface area (Å²) >= 11 is 1.70. The molecule has 1 N–H and O–H groups in total. The molecule has 0 amide bonds. The van der Waals surface area contributed by atoms with Crippen molar-refractivity contribution in [1.82, 2.24) is 10.3 Å². The van der Waals surface area contributed by atoms with Gasteiger partial charge in [-0.05, 0) is 26.8 Å². The number of hydrogen-bond donors (Lipinski definition) is 1. The van der Waals surface area contributed by atoms with E-state index in [0.717, 1.165) is 24.2 Å². The first-order chi connectivity index (χ1) is 6.66. The van der Waals surface area contributed by atoms with Gasteiger partial charge in [-0.1, -0.05) is 19.1 Å². The third-order valence-corrected chi connectivity index (χ3v) is 3.13. The molecule has 0 aromatic carbocycles. The minimum Gasteiger partial charge on any atom is -0.306 e. The average molecular weight is 210 g/mol. The lowest BCUT2D eigenvalue weighted by Crippen LogP contribution is -2.22. The Kier molecular flexibility index (Phi) is 4.29. The van der Waals surface area contributed by atoms with E-state index in [2.05, 4.69) is 37.7 Å². The van der Waals surface area contributed by atoms with E-state index in [1.54, 1.807) is 11.3 Å². The highest BCUT2D eigenvalue weighted by Crippen LogP contribution is 2.26. The Hall–Kier alpha value is -0.670. The number of nitrogens with one attached hydrogen (secondary N) is 1. The van der Waals surface area contributed by atoms with Crippen molar-refractivity contribution in [2.75, 3.05) is 6.54 Å². The Morgan fingerprint density at radius 2 is 2.43 bits per heavy atom. The molecule has 78 valence electrons. The zero-order chi connectivity index (χ0) is 10.6. The van der Waals surface area contributed by atoms with Crippen molar-refractivity contribution < 1.29 is 0 Å². The maximum Gasteiger partial charge on any atom is 0.0798 e. The minimum atomic E-state index is 0.280. The van der Waals surface area contributed by atoms with Crippen molar-refractivity contribution in [3.8, 4) is 0 Å². The number of nitrogens with zero attached hydrogens (tertiary/aromatic N) is 1. The van der Waals surface area contributed by atoms with Crippen LogP contribution in [-0.2, 0) is 0 Å². The van der Waals surface area contributed by atoms with Crippen LogP contribution in [-0.4, -0.2) is 11.5 Å². The molecule has 0 fully saturated rings. The van der Waals surface area contributed by atoms with Crippen molar-refractivity contribution in [2.45, 2.75) is 33.2 Å². The van der Waals surface area contributed by atoms with Gasteiger partial charge in [-0.15, -0.1) is 11.3 Å². The van der Waals surface area contributed by atoms with E-state index in [9.17, 15) is 0 Å². The van der Waals surface area contributed by atoms with Gasteiger partial charge in [-0.2, -0.15) is 0 Å². The van der Waals surface area contributed by atoms with Crippen LogP contribution in [0, 0.1) is 6.92 Å². The Balaban J connectivity index is 2.78. The molecule has 0 saturated heterocycles. The number of aryl methyl sites for hydroxylation is 1. The third kappa shape index (κ3) is 2.66. The van der Waals surface area contributed by atoms with Gasteiger partial charge in [0.1, 0.15) is 0 Å². The summed E-state index contributed by atoms with van der Waals surface area (Å²) in [5.74, 6) is 0. The van der Waals surface area contributed by atoms with Crippen LogP contribution >= 0.6 is 11.3 Å². The van der Waals surface area contributed by atoms with Gasteiger partial charge in [-0.25, -0.2) is 4.98 Å². The normalized spacial score (nSPS) is 12.8. The van der Waals surface area contributed by atoms with Crippen LogP contribution in [0.15, 0.2) is 17.7 Å². The summed E-state index contributed by atoms with van der Waals surface area (Å²) in [6, 6.07) is 0.280. The van der Waals surface area contributed by atoms with E-state index in [4.69, 9.17) is 0 Å². The van der Waals surface area contributed by atoms with Crippen LogP contribution in [0.1, 0.15) is 36.9 Å². The summed E-state index contributed by atoms with van der Waals surface area (Å²) in [4.78, 5) is 5.56. The van der Waals surface area contributed by atoms with Gasteiger partial charge in [-0.3, -0.25) is 0 Å². The monoisotopic (exact) mass is 210 g/mol. The molecule has 0 spiro atoms. The number of hydrogen-bond acceptors (Lipinski definition) is 3. The maximum atomic E-state index is 4.27. The Labute approximate surface area is 90.1 Å². The zero-order valence-electron chi connectivity index (χ0n) is 9.13. The summed E-state index contributed by atoms with van der Waals surface area (Å²) in [6.07, 6.45) is 1.14. The predicted molar refractivity (Wildman–Crippen MR) is 62.7 cm³/mol. The van der Waals surface area contributed by atoms with E-state index < -0.39 is 0 Å². The molecular weight excluding hydrogens is 192 g/mol. The lowest BCUT2D eigenvalue weighted by atomic mass is 10.1. The molecule has 1 aromatic rings. The highest BCUT2D eigenvalue weighted by atomic mass is 32.1. The van der Waals surface area contributed by atoms with Crippen LogP contribution < -0.4 is 5.32 Å². The Morgan fingerprint density at radius 3 is 2.86 bits per heavy atom. The minimum absolute atomic E-state index is 0.280. The van der Waals surface area contributed by atoms with E-state index in [1.165, 1.54) is 4.88 Å². The van der Waals surface area contributed by atoms with Crippen LogP contribution in [0.5, 0.6) is 0 Å². The molecule has 0 aliphatic carbocycles. The SMILES string of the molecule is C=C(C)C(NCCC)c1scnc1C. The largest absolute Gasteiger partial charge is 0.306 e. The highest BCUT2D eigenvalue weighted by molar-refractivity contribution is 7.09. The molecule has 3 heteroatoms. The number of rotatable bonds is 5. The van der Waals surface area contributed by atoms with Gasteiger partial charge < -0.3 is 5.32 Å². The standard InChI is InChI=1S/C11H18N2S/c1-5-6-12-10(8(2)3)11-9(4)13-7-14-11/h7,10,12H,2,5-6H2,1,3-4H3. The molecule has 0 aliphatic heterocycles. The fourth-order valence-corrected chi connectivity index (χ4v) is 2.34. The van der Waals surface area contributed by atoms with Crippen molar-refractivity contribution in [2.24, 2.45) is 0 Å². The van der Waals surface area contributed by atoms with Crippen molar-refractivity contribution >= 4 is 11.3 Å². The van der Waals surface area contributed by atoms with Gasteiger partial charge in [0, 0.05) is 4.88 Å². The summed E-state index contributed by atoms with van der Waals surface area (Å²) < 4.78 is 0. The molecule has 2 nitrogen and oxygen atoms in total. The van der Waals surface area contributed by atoms with Crippen molar-refractivity contribution in [3.05, 3.63) is 28.2 Å². The predicted octanol–water partition coefficient (Wildman–Crippen LogP) is 3.07. The van der Waals surface area contributed by atoms with E-state index >= 15 is 0 Å². The quantitative estimate of drug-likeness (QED) is 0.755. The van der Waals surface area contributed by atoms with Crippen molar-refractivity contribution in [3.63, 3.8) is 0 Å². The molecule has 0 saturated carbocycles. The van der Waals surface area contributed by atoms with Crippen LogP contribution in [0.2, 0.25) is 0 Å². The zero-order valence-corrected chi connectivity index (χ0v) is 9.95. The molecule has 1 atom stereocenters. The van der Waals surface area contributed by atoms with Gasteiger partial charge in [0.15, 0.2) is 0 Å². The lowest BCUT2D eigenvalue weighted by molar-refractivity contribution is 0.595. The summed E-state index contributed by atoms with van der Waals surface area (Å²) in [5, 5.41) is 3.48. The first kappa shape index (κ1) is 11.4. The second-order valence-electron chi connectivity index (χ2n) is 3.54. The Bertz CT molecular complexity index is 304. The molecule has 0 aliphatic rings. The van der Waals surface area contributed by atoms with Crippen LogP contribution in [0.3, 0.4) is 0 Å². The van der Waals surface area contributed by atoms with Crippen LogP contribution in [0.25, 0.3) is 0 Å². The van der Waals surface area contributed by atoms with Gasteiger partial charge >= 0.3 is 0 Å². The fourth-order valence-electron chi connectivity index (χ4n) is 1.37.